The number of hydrogen-bond acceptors (Lipinski definition) is 6. The number of anilines is 1. The summed E-state index contributed by atoms with van der Waals surface area (Å²) in [6, 6.07) is 11.5. The molecule has 0 aliphatic rings. The predicted molar refractivity (Wildman–Crippen MR) is 128 cm³/mol. The molecule has 0 saturated carbocycles. The molecule has 0 unspecified atom stereocenters. The molecule has 9 heteroatoms. The molecule has 2 aromatic heterocycles. The largest absolute Gasteiger partial charge is 0.265 e. The molecule has 1 N–H and O–H groups in total. The summed E-state index contributed by atoms with van der Waals surface area (Å²) in [4.78, 5) is 4.36. The van der Waals surface area contributed by atoms with Crippen molar-refractivity contribution in [1.82, 2.24) is 19.1 Å². The Morgan fingerprint density at radius 1 is 1.06 bits per heavy atom. The number of pyridine rings is 1. The second-order valence-electron chi connectivity index (χ2n) is 7.57. The summed E-state index contributed by atoms with van der Waals surface area (Å²) in [5.41, 5.74) is 8.11. The van der Waals surface area contributed by atoms with Crippen LogP contribution in [0.5, 0.6) is 0 Å². The van der Waals surface area contributed by atoms with E-state index in [4.69, 9.17) is 0 Å². The Hall–Kier alpha value is -3.04. The van der Waals surface area contributed by atoms with Gasteiger partial charge in [-0.1, -0.05) is 43.7 Å². The van der Waals surface area contributed by atoms with Gasteiger partial charge >= 0.3 is 0 Å². The van der Waals surface area contributed by atoms with Crippen molar-refractivity contribution in [1.29, 1.82) is 0 Å². The number of hydrazone groups is 1. The minimum atomic E-state index is -3.52. The molecule has 0 aliphatic heterocycles. The molecule has 0 aliphatic carbocycles. The van der Waals surface area contributed by atoms with Gasteiger partial charge in [0.1, 0.15) is 10.7 Å². The van der Waals surface area contributed by atoms with E-state index in [2.05, 4.69) is 51.8 Å². The lowest BCUT2D eigenvalue weighted by molar-refractivity contribution is 0.445. The fraction of sp³-hybridized carbons (Fsp3) is 0.348. The van der Waals surface area contributed by atoms with Gasteiger partial charge in [0, 0.05) is 30.5 Å². The minimum Gasteiger partial charge on any atom is -0.265 e. The highest BCUT2D eigenvalue weighted by Gasteiger charge is 2.21. The maximum atomic E-state index is 12.6. The normalized spacial score (nSPS) is 12.1. The van der Waals surface area contributed by atoms with Crippen molar-refractivity contribution in [2.24, 2.45) is 5.10 Å². The summed E-state index contributed by atoms with van der Waals surface area (Å²) in [7, 11) is -3.52. The van der Waals surface area contributed by atoms with E-state index in [1.54, 1.807) is 12.3 Å². The van der Waals surface area contributed by atoms with Crippen LogP contribution in [0.2, 0.25) is 0 Å². The van der Waals surface area contributed by atoms with E-state index in [1.807, 2.05) is 32.4 Å². The van der Waals surface area contributed by atoms with E-state index in [0.717, 1.165) is 17.0 Å². The van der Waals surface area contributed by atoms with Gasteiger partial charge in [-0.15, -0.1) is 0 Å². The molecule has 0 amide bonds. The molecule has 0 saturated heterocycles. The van der Waals surface area contributed by atoms with Crippen molar-refractivity contribution in [2.75, 3.05) is 18.5 Å². The van der Waals surface area contributed by atoms with Crippen molar-refractivity contribution < 1.29 is 8.42 Å². The maximum Gasteiger partial charge on any atom is 0.244 e. The number of aryl methyl sites for hydroxylation is 2. The van der Waals surface area contributed by atoms with Gasteiger partial charge in [0.05, 0.1) is 18.5 Å². The Bertz CT molecular complexity index is 1180. The van der Waals surface area contributed by atoms with Gasteiger partial charge in [-0.3, -0.25) is 10.1 Å². The highest BCUT2D eigenvalue weighted by atomic mass is 32.2. The van der Waals surface area contributed by atoms with E-state index in [0.29, 0.717) is 25.5 Å². The zero-order chi connectivity index (χ0) is 23.3. The molecule has 32 heavy (non-hydrogen) atoms. The van der Waals surface area contributed by atoms with E-state index < -0.39 is 10.0 Å². The van der Waals surface area contributed by atoms with Gasteiger partial charge in [-0.05, 0) is 38.5 Å². The zero-order valence-electron chi connectivity index (χ0n) is 19.2. The molecular weight excluding hydrogens is 424 g/mol. The van der Waals surface area contributed by atoms with Crippen LogP contribution in [0.15, 0.2) is 52.6 Å². The molecule has 3 aromatic rings. The monoisotopic (exact) mass is 454 g/mol. The number of aromatic nitrogens is 3. The van der Waals surface area contributed by atoms with Crippen molar-refractivity contribution >= 4 is 22.1 Å². The van der Waals surface area contributed by atoms with Crippen LogP contribution in [-0.2, 0) is 16.6 Å². The number of nitrogens with zero attached hydrogens (tertiary/aromatic N) is 5. The van der Waals surface area contributed by atoms with Crippen molar-refractivity contribution in [3.8, 4) is 0 Å². The highest BCUT2D eigenvalue weighted by molar-refractivity contribution is 7.89. The summed E-state index contributed by atoms with van der Waals surface area (Å²) in [5.74, 6) is 0.460. The van der Waals surface area contributed by atoms with Crippen LogP contribution >= 0.6 is 0 Å². The average Bonchev–Trinajstić information content (AvgIpc) is 3.03. The standard InChI is InChI=1S/C23H30N6O2S/c1-6-28(7-2)32(30,31)21-12-13-23(24-14-21)26-25-15-22-18(4)27-29(19(22)5)16-20-10-8-17(3)9-11-20/h8-15H,6-7,16H2,1-5H3,(H,24,26)/b25-15-. The van der Waals surface area contributed by atoms with E-state index >= 15 is 0 Å². The third-order valence-electron chi connectivity index (χ3n) is 5.34. The smallest absolute Gasteiger partial charge is 0.244 e. The molecule has 8 nitrogen and oxygen atoms in total. The van der Waals surface area contributed by atoms with Gasteiger partial charge < -0.3 is 0 Å². The predicted octanol–water partition coefficient (Wildman–Crippen LogP) is 3.73. The first-order valence-electron chi connectivity index (χ1n) is 10.6. The molecule has 0 atom stereocenters. The highest BCUT2D eigenvalue weighted by Crippen LogP contribution is 2.17. The van der Waals surface area contributed by atoms with Crippen LogP contribution in [0.3, 0.4) is 0 Å². The molecule has 0 fully saturated rings. The molecule has 2 heterocycles. The number of benzene rings is 1. The molecule has 0 spiro atoms. The number of hydrogen-bond donors (Lipinski definition) is 1. The second kappa shape index (κ2) is 10.1. The Morgan fingerprint density at radius 3 is 2.34 bits per heavy atom. The second-order valence-corrected chi connectivity index (χ2v) is 9.50. The quantitative estimate of drug-likeness (QED) is 0.393. The molecule has 170 valence electrons. The first-order chi connectivity index (χ1) is 15.3. The van der Waals surface area contributed by atoms with Crippen LogP contribution < -0.4 is 5.43 Å². The molecule has 1 aromatic carbocycles. The average molecular weight is 455 g/mol. The van der Waals surface area contributed by atoms with Gasteiger partial charge in [-0.2, -0.15) is 14.5 Å². The van der Waals surface area contributed by atoms with E-state index in [1.165, 1.54) is 27.7 Å². The SMILES string of the molecule is CCN(CC)S(=O)(=O)c1ccc(N/N=C\c2c(C)nn(Cc3ccc(C)cc3)c2C)nc1. The fourth-order valence-electron chi connectivity index (χ4n) is 3.39. The summed E-state index contributed by atoms with van der Waals surface area (Å²) in [6.07, 6.45) is 3.06. The Kier molecular flexibility index (Phi) is 7.42. The number of nitrogens with one attached hydrogen (secondary N) is 1. The summed E-state index contributed by atoms with van der Waals surface area (Å²) >= 11 is 0. The van der Waals surface area contributed by atoms with Crippen LogP contribution in [0, 0.1) is 20.8 Å². The Morgan fingerprint density at radius 2 is 1.75 bits per heavy atom. The number of rotatable bonds is 9. The van der Waals surface area contributed by atoms with Crippen LogP contribution in [0.4, 0.5) is 5.82 Å². The Labute approximate surface area is 190 Å². The third kappa shape index (κ3) is 5.23. The fourth-order valence-corrected chi connectivity index (χ4v) is 4.80. The number of sulfonamides is 1. The molecular formula is C23H30N6O2S. The summed E-state index contributed by atoms with van der Waals surface area (Å²) in [6.45, 7) is 11.2. The molecule has 0 radical (unpaired) electrons. The zero-order valence-corrected chi connectivity index (χ0v) is 20.0. The van der Waals surface area contributed by atoms with Crippen LogP contribution in [0.1, 0.15) is 41.9 Å². The Balaban J connectivity index is 1.70. The van der Waals surface area contributed by atoms with Crippen molar-refractivity contribution in [3.63, 3.8) is 0 Å². The lowest BCUT2D eigenvalue weighted by atomic mass is 10.1. The molecule has 3 rings (SSSR count). The summed E-state index contributed by atoms with van der Waals surface area (Å²) < 4.78 is 28.5. The lowest BCUT2D eigenvalue weighted by Gasteiger charge is -2.18. The van der Waals surface area contributed by atoms with Gasteiger partial charge in [-0.25, -0.2) is 13.4 Å². The third-order valence-corrected chi connectivity index (χ3v) is 7.38. The first kappa shape index (κ1) is 23.6. The first-order valence-corrected chi connectivity index (χ1v) is 12.0. The van der Waals surface area contributed by atoms with E-state index in [9.17, 15) is 8.42 Å². The summed E-state index contributed by atoms with van der Waals surface area (Å²) in [5, 5.41) is 8.91. The van der Waals surface area contributed by atoms with Crippen molar-refractivity contribution in [3.05, 3.63) is 70.7 Å². The maximum absolute atomic E-state index is 12.6. The molecule has 0 bridgehead atoms. The lowest BCUT2D eigenvalue weighted by Crippen LogP contribution is -2.30. The van der Waals surface area contributed by atoms with Gasteiger partial charge in [0.2, 0.25) is 10.0 Å². The van der Waals surface area contributed by atoms with Gasteiger partial charge in [0.25, 0.3) is 0 Å². The minimum absolute atomic E-state index is 0.166. The van der Waals surface area contributed by atoms with Crippen LogP contribution in [0.25, 0.3) is 0 Å². The van der Waals surface area contributed by atoms with Gasteiger partial charge in [0.15, 0.2) is 0 Å². The van der Waals surface area contributed by atoms with Crippen molar-refractivity contribution in [2.45, 2.75) is 46.1 Å². The van der Waals surface area contributed by atoms with Crippen LogP contribution in [-0.4, -0.2) is 46.8 Å². The topological polar surface area (TPSA) is 92.5 Å². The van der Waals surface area contributed by atoms with E-state index in [-0.39, 0.29) is 4.90 Å².